The summed E-state index contributed by atoms with van der Waals surface area (Å²) in [6.45, 7) is 11.4. The lowest BCUT2D eigenvalue weighted by Crippen LogP contribution is -2.66. The molecule has 0 bridgehead atoms. The van der Waals surface area contributed by atoms with Crippen LogP contribution in [-0.2, 0) is 4.74 Å². The molecule has 0 aromatic heterocycles. The summed E-state index contributed by atoms with van der Waals surface area (Å²) in [5, 5.41) is 3.88. The number of hydrogen-bond acceptors (Lipinski definition) is 3. The van der Waals surface area contributed by atoms with E-state index in [1.54, 1.807) is 0 Å². The van der Waals surface area contributed by atoms with Gasteiger partial charge in [-0.15, -0.1) is 0 Å². The van der Waals surface area contributed by atoms with Crippen LogP contribution in [-0.4, -0.2) is 48.8 Å². The van der Waals surface area contributed by atoms with Crippen LogP contribution in [0, 0.1) is 11.8 Å². The van der Waals surface area contributed by atoms with Gasteiger partial charge in [0.25, 0.3) is 0 Å². The molecule has 0 radical (unpaired) electrons. The van der Waals surface area contributed by atoms with Crippen molar-refractivity contribution in [1.29, 1.82) is 0 Å². The third-order valence-corrected chi connectivity index (χ3v) is 5.32. The molecule has 2 saturated heterocycles. The predicted octanol–water partition coefficient (Wildman–Crippen LogP) is 2.26. The molecule has 3 rings (SSSR count). The Balaban J connectivity index is 1.70. The smallest absolute Gasteiger partial charge is 0.0622 e. The number of ether oxygens (including phenoxy) is 1. The molecule has 1 saturated carbocycles. The van der Waals surface area contributed by atoms with Crippen LogP contribution in [0.15, 0.2) is 0 Å². The van der Waals surface area contributed by atoms with Crippen molar-refractivity contribution in [2.24, 2.45) is 11.8 Å². The zero-order chi connectivity index (χ0) is 13.5. The summed E-state index contributed by atoms with van der Waals surface area (Å²) in [7, 11) is 0. The van der Waals surface area contributed by atoms with E-state index >= 15 is 0 Å². The van der Waals surface area contributed by atoms with Crippen molar-refractivity contribution in [1.82, 2.24) is 10.2 Å². The molecule has 2 aliphatic heterocycles. The highest BCUT2D eigenvalue weighted by Crippen LogP contribution is 2.42. The molecule has 3 aliphatic rings. The van der Waals surface area contributed by atoms with Gasteiger partial charge in [0.2, 0.25) is 0 Å². The number of hydrogen-bond donors (Lipinski definition) is 1. The molecule has 3 heteroatoms. The van der Waals surface area contributed by atoms with Crippen LogP contribution in [0.4, 0.5) is 0 Å². The summed E-state index contributed by atoms with van der Waals surface area (Å²) >= 11 is 0. The maximum absolute atomic E-state index is 5.65. The molecule has 3 fully saturated rings. The Hall–Kier alpha value is -0.120. The molecule has 3 atom stereocenters. The highest BCUT2D eigenvalue weighted by Gasteiger charge is 2.47. The van der Waals surface area contributed by atoms with Gasteiger partial charge in [-0.2, -0.15) is 0 Å². The van der Waals surface area contributed by atoms with E-state index in [0.29, 0.717) is 17.6 Å². The standard InChI is InChI=1S/C16H30N2O/c1-12(2)8-15-9-17-16(3,13-4-5-13)11-18(15)14-6-7-19-10-14/h12-15,17H,4-11H2,1-3H3. The van der Waals surface area contributed by atoms with E-state index in [4.69, 9.17) is 4.74 Å². The lowest BCUT2D eigenvalue weighted by molar-refractivity contribution is 0.0247. The summed E-state index contributed by atoms with van der Waals surface area (Å²) in [6, 6.07) is 1.38. The lowest BCUT2D eigenvalue weighted by Gasteiger charge is -2.49. The van der Waals surface area contributed by atoms with Crippen molar-refractivity contribution in [3.8, 4) is 0 Å². The van der Waals surface area contributed by atoms with Gasteiger partial charge in [-0.05, 0) is 44.4 Å². The number of rotatable bonds is 4. The quantitative estimate of drug-likeness (QED) is 0.845. The minimum atomic E-state index is 0.357. The molecule has 3 nitrogen and oxygen atoms in total. The molecule has 3 unspecified atom stereocenters. The molecule has 19 heavy (non-hydrogen) atoms. The van der Waals surface area contributed by atoms with E-state index < -0.39 is 0 Å². The van der Waals surface area contributed by atoms with Gasteiger partial charge in [-0.3, -0.25) is 4.90 Å². The Bertz CT molecular complexity index is 310. The molecule has 0 aromatic carbocycles. The third kappa shape index (κ3) is 2.98. The largest absolute Gasteiger partial charge is 0.380 e. The van der Waals surface area contributed by atoms with Crippen molar-refractivity contribution < 1.29 is 4.74 Å². The van der Waals surface area contributed by atoms with Gasteiger partial charge >= 0.3 is 0 Å². The summed E-state index contributed by atoms with van der Waals surface area (Å²) < 4.78 is 5.65. The molecule has 110 valence electrons. The SMILES string of the molecule is CC(C)CC1CNC(C)(C2CC2)CN1C1CCOC1. The van der Waals surface area contributed by atoms with E-state index in [0.717, 1.165) is 25.0 Å². The van der Waals surface area contributed by atoms with Gasteiger partial charge in [0.15, 0.2) is 0 Å². The topological polar surface area (TPSA) is 24.5 Å². The summed E-state index contributed by atoms with van der Waals surface area (Å²) in [5.41, 5.74) is 0.357. The van der Waals surface area contributed by atoms with Crippen LogP contribution < -0.4 is 5.32 Å². The minimum Gasteiger partial charge on any atom is -0.380 e. The highest BCUT2D eigenvalue weighted by atomic mass is 16.5. The molecule has 1 aliphatic carbocycles. The maximum Gasteiger partial charge on any atom is 0.0622 e. The van der Waals surface area contributed by atoms with Crippen LogP contribution in [0.2, 0.25) is 0 Å². The number of piperazine rings is 1. The number of nitrogens with zero attached hydrogens (tertiary/aromatic N) is 1. The predicted molar refractivity (Wildman–Crippen MR) is 78.3 cm³/mol. The Labute approximate surface area is 118 Å². The van der Waals surface area contributed by atoms with Crippen molar-refractivity contribution in [2.75, 3.05) is 26.3 Å². The minimum absolute atomic E-state index is 0.357. The van der Waals surface area contributed by atoms with Crippen LogP contribution in [0.3, 0.4) is 0 Å². The molecule has 0 amide bonds. The van der Waals surface area contributed by atoms with E-state index in [1.165, 1.54) is 38.8 Å². The Kier molecular flexibility index (Phi) is 3.89. The first-order valence-electron chi connectivity index (χ1n) is 8.17. The second kappa shape index (κ2) is 5.34. The van der Waals surface area contributed by atoms with Crippen LogP contribution in [0.25, 0.3) is 0 Å². The van der Waals surface area contributed by atoms with E-state index in [1.807, 2.05) is 0 Å². The van der Waals surface area contributed by atoms with E-state index in [2.05, 4.69) is 31.0 Å². The van der Waals surface area contributed by atoms with E-state index in [9.17, 15) is 0 Å². The third-order valence-electron chi connectivity index (χ3n) is 5.32. The molecular formula is C16H30N2O. The van der Waals surface area contributed by atoms with Gasteiger partial charge < -0.3 is 10.1 Å². The molecule has 1 N–H and O–H groups in total. The fourth-order valence-corrected chi connectivity index (χ4v) is 4.00. The zero-order valence-electron chi connectivity index (χ0n) is 12.8. The zero-order valence-corrected chi connectivity index (χ0v) is 12.8. The van der Waals surface area contributed by atoms with Gasteiger partial charge in [0, 0.05) is 37.3 Å². The fourth-order valence-electron chi connectivity index (χ4n) is 4.00. The lowest BCUT2D eigenvalue weighted by atomic mass is 9.87. The molecular weight excluding hydrogens is 236 g/mol. The van der Waals surface area contributed by atoms with Crippen molar-refractivity contribution in [3.05, 3.63) is 0 Å². The summed E-state index contributed by atoms with van der Waals surface area (Å²) in [5.74, 6) is 1.69. The van der Waals surface area contributed by atoms with E-state index in [-0.39, 0.29) is 0 Å². The normalized spacial score (nSPS) is 41.1. The van der Waals surface area contributed by atoms with Gasteiger partial charge in [0.05, 0.1) is 6.61 Å². The van der Waals surface area contributed by atoms with Gasteiger partial charge in [-0.1, -0.05) is 13.8 Å². The molecule has 0 aromatic rings. The monoisotopic (exact) mass is 266 g/mol. The number of nitrogens with one attached hydrogen (secondary N) is 1. The van der Waals surface area contributed by atoms with Crippen molar-refractivity contribution in [2.45, 2.75) is 64.1 Å². The van der Waals surface area contributed by atoms with Crippen LogP contribution in [0.1, 0.15) is 46.5 Å². The Morgan fingerprint density at radius 2 is 2.11 bits per heavy atom. The van der Waals surface area contributed by atoms with Crippen molar-refractivity contribution in [3.63, 3.8) is 0 Å². The Morgan fingerprint density at radius 3 is 2.68 bits per heavy atom. The fraction of sp³-hybridized carbons (Fsp3) is 1.00. The van der Waals surface area contributed by atoms with Gasteiger partial charge in [-0.25, -0.2) is 0 Å². The van der Waals surface area contributed by atoms with Crippen molar-refractivity contribution >= 4 is 0 Å². The average Bonchev–Trinajstić information content (AvgIpc) is 3.09. The van der Waals surface area contributed by atoms with Crippen LogP contribution >= 0.6 is 0 Å². The second-order valence-electron chi connectivity index (χ2n) is 7.55. The molecule has 2 heterocycles. The molecule has 0 spiro atoms. The summed E-state index contributed by atoms with van der Waals surface area (Å²) in [6.07, 6.45) is 5.39. The van der Waals surface area contributed by atoms with Gasteiger partial charge in [0.1, 0.15) is 0 Å². The first-order chi connectivity index (χ1) is 9.08. The second-order valence-corrected chi connectivity index (χ2v) is 7.55. The maximum atomic E-state index is 5.65. The first kappa shape index (κ1) is 13.8. The first-order valence-corrected chi connectivity index (χ1v) is 8.17. The van der Waals surface area contributed by atoms with Crippen LogP contribution in [0.5, 0.6) is 0 Å². The highest BCUT2D eigenvalue weighted by molar-refractivity contribution is 5.05. The summed E-state index contributed by atoms with van der Waals surface area (Å²) in [4.78, 5) is 2.79. The Morgan fingerprint density at radius 1 is 1.32 bits per heavy atom. The average molecular weight is 266 g/mol.